The van der Waals surface area contributed by atoms with Gasteiger partial charge in [-0.2, -0.15) is 0 Å². The van der Waals surface area contributed by atoms with Gasteiger partial charge in [-0.25, -0.2) is 4.98 Å². The Labute approximate surface area is 184 Å². The van der Waals surface area contributed by atoms with E-state index in [1.165, 1.54) is 19.3 Å². The summed E-state index contributed by atoms with van der Waals surface area (Å²) in [7, 11) is 0. The first-order chi connectivity index (χ1) is 12.9. The van der Waals surface area contributed by atoms with Crippen molar-refractivity contribution in [2.45, 2.75) is 71.1 Å². The fraction of sp³-hybridized carbons (Fsp3) is 0.619. The molecular weight excluding hydrogens is 411 g/mol. The van der Waals surface area contributed by atoms with Crippen LogP contribution in [0.4, 0.5) is 5.69 Å². The van der Waals surface area contributed by atoms with Crippen LogP contribution in [0.1, 0.15) is 52.3 Å². The highest BCUT2D eigenvalue weighted by Gasteiger charge is 2.62. The molecule has 0 bridgehead atoms. The van der Waals surface area contributed by atoms with E-state index in [2.05, 4.69) is 16.0 Å². The molecule has 29 heavy (non-hydrogen) atoms. The number of ether oxygens (including phenoxy) is 1. The predicted molar refractivity (Wildman–Crippen MR) is 121 cm³/mol. The topological polar surface area (TPSA) is 82.2 Å². The number of hydrogen-bond acceptors (Lipinski definition) is 4. The zero-order valence-corrected chi connectivity index (χ0v) is 19.0. The zero-order chi connectivity index (χ0) is 19.2. The van der Waals surface area contributed by atoms with Crippen molar-refractivity contribution in [2.24, 2.45) is 11.1 Å². The molecule has 4 rings (SSSR count). The van der Waals surface area contributed by atoms with Gasteiger partial charge in [0.2, 0.25) is 5.91 Å². The molecule has 8 heteroatoms. The first kappa shape index (κ1) is 23.9. The van der Waals surface area contributed by atoms with Crippen molar-refractivity contribution in [1.29, 1.82) is 0 Å². The first-order valence-corrected chi connectivity index (χ1v) is 10.1. The van der Waals surface area contributed by atoms with Crippen molar-refractivity contribution in [3.63, 3.8) is 0 Å². The van der Waals surface area contributed by atoms with Crippen molar-refractivity contribution >= 4 is 47.4 Å². The normalized spacial score (nSPS) is 25.0. The summed E-state index contributed by atoms with van der Waals surface area (Å²) in [6.07, 6.45) is 5.23. The molecule has 1 aliphatic heterocycles. The van der Waals surface area contributed by atoms with Crippen LogP contribution in [0, 0.1) is 5.41 Å². The number of nitrogens with one attached hydrogen (secondary N) is 1. The summed E-state index contributed by atoms with van der Waals surface area (Å²) in [5.74, 6) is 1.00. The largest absolute Gasteiger partial charge is 0.378 e. The Morgan fingerprint density at radius 2 is 2.07 bits per heavy atom. The van der Waals surface area contributed by atoms with Crippen LogP contribution in [0.3, 0.4) is 0 Å². The summed E-state index contributed by atoms with van der Waals surface area (Å²) in [5, 5.41) is 3.02. The van der Waals surface area contributed by atoms with Gasteiger partial charge in [-0.3, -0.25) is 4.79 Å². The molecule has 0 saturated heterocycles. The van der Waals surface area contributed by atoms with Crippen LogP contribution in [0.2, 0.25) is 0 Å². The lowest BCUT2D eigenvalue weighted by Gasteiger charge is -2.57. The van der Waals surface area contributed by atoms with Crippen molar-refractivity contribution in [2.75, 3.05) is 11.9 Å². The summed E-state index contributed by atoms with van der Waals surface area (Å²) >= 11 is 0. The molecule has 1 aromatic heterocycles. The molecule has 1 aliphatic carbocycles. The van der Waals surface area contributed by atoms with Gasteiger partial charge in [-0.1, -0.05) is 20.3 Å². The fourth-order valence-corrected chi connectivity index (χ4v) is 4.49. The summed E-state index contributed by atoms with van der Waals surface area (Å²) in [5.41, 5.74) is 8.00. The number of nitrogens with two attached hydrogens (primary N) is 1. The average Bonchev–Trinajstić information content (AvgIpc) is 2.81. The second kappa shape index (κ2) is 8.80. The maximum Gasteiger partial charge on any atom is 0.245 e. The molecule has 0 spiro atoms. The van der Waals surface area contributed by atoms with E-state index in [9.17, 15) is 4.79 Å². The highest BCUT2D eigenvalue weighted by Crippen LogP contribution is 2.50. The maximum absolute atomic E-state index is 12.9. The van der Waals surface area contributed by atoms with Gasteiger partial charge in [-0.15, -0.1) is 24.8 Å². The summed E-state index contributed by atoms with van der Waals surface area (Å²) in [4.78, 5) is 17.7. The van der Waals surface area contributed by atoms with Gasteiger partial charge in [0.1, 0.15) is 11.4 Å². The molecule has 2 unspecified atom stereocenters. The minimum Gasteiger partial charge on any atom is -0.378 e. The number of nitrogens with zero attached hydrogens (tertiary/aromatic N) is 2. The van der Waals surface area contributed by atoms with Crippen molar-refractivity contribution < 1.29 is 9.53 Å². The van der Waals surface area contributed by atoms with E-state index in [0.29, 0.717) is 13.0 Å². The Morgan fingerprint density at radius 3 is 2.76 bits per heavy atom. The van der Waals surface area contributed by atoms with Gasteiger partial charge in [0, 0.05) is 37.1 Å². The minimum atomic E-state index is -0.923. The van der Waals surface area contributed by atoms with Crippen LogP contribution in [-0.2, 0) is 22.5 Å². The fourth-order valence-electron chi connectivity index (χ4n) is 4.49. The lowest BCUT2D eigenvalue weighted by Crippen LogP contribution is -2.74. The third-order valence-corrected chi connectivity index (χ3v) is 6.60. The van der Waals surface area contributed by atoms with E-state index in [0.717, 1.165) is 35.5 Å². The number of amides is 1. The number of rotatable bonds is 4. The average molecular weight is 443 g/mol. The quantitative estimate of drug-likeness (QED) is 0.746. The van der Waals surface area contributed by atoms with Crippen molar-refractivity contribution in [1.82, 2.24) is 9.55 Å². The number of halogens is 2. The zero-order valence-electron chi connectivity index (χ0n) is 17.4. The summed E-state index contributed by atoms with van der Waals surface area (Å²) < 4.78 is 8.05. The van der Waals surface area contributed by atoms with Gasteiger partial charge in [0.15, 0.2) is 0 Å². The predicted octanol–water partition coefficient (Wildman–Crippen LogP) is 4.08. The van der Waals surface area contributed by atoms with E-state index in [-0.39, 0.29) is 36.8 Å². The molecule has 3 N–H and O–H groups in total. The van der Waals surface area contributed by atoms with E-state index in [1.807, 2.05) is 32.9 Å². The molecule has 6 nitrogen and oxygen atoms in total. The number of hydrogen-bond donors (Lipinski definition) is 2. The Kier molecular flexibility index (Phi) is 7.26. The monoisotopic (exact) mass is 442 g/mol. The van der Waals surface area contributed by atoms with E-state index >= 15 is 0 Å². The number of benzene rings is 1. The molecule has 0 radical (unpaired) electrons. The number of anilines is 1. The number of aromatic nitrogens is 2. The lowest BCUT2D eigenvalue weighted by molar-refractivity contribution is -0.166. The van der Waals surface area contributed by atoms with Crippen LogP contribution in [0.5, 0.6) is 0 Å². The maximum atomic E-state index is 12.9. The highest BCUT2D eigenvalue weighted by atomic mass is 35.5. The van der Waals surface area contributed by atoms with Gasteiger partial charge in [-0.05, 0) is 38.0 Å². The van der Waals surface area contributed by atoms with Crippen molar-refractivity contribution in [3.05, 3.63) is 24.0 Å². The molecule has 1 saturated carbocycles. The number of carbonyl (C=O) groups excluding carboxylic acids is 1. The lowest BCUT2D eigenvalue weighted by atomic mass is 9.54. The number of imidazole rings is 1. The number of carbonyl (C=O) groups is 1. The molecule has 2 heterocycles. The SMILES string of the molecule is CCOC1CC(N)(C(=O)Nc2ccc3c(c2)nc2n3CCCCC2)C1(C)C.Cl.Cl. The minimum absolute atomic E-state index is 0. The molecule has 2 aromatic rings. The second-order valence-corrected chi connectivity index (χ2v) is 8.49. The molecule has 2 aliphatic rings. The Balaban J connectivity index is 0.00000150. The van der Waals surface area contributed by atoms with E-state index in [1.54, 1.807) is 0 Å². The van der Waals surface area contributed by atoms with Crippen molar-refractivity contribution in [3.8, 4) is 0 Å². The summed E-state index contributed by atoms with van der Waals surface area (Å²) in [6.45, 7) is 7.64. The van der Waals surface area contributed by atoms with E-state index < -0.39 is 11.0 Å². The smallest absolute Gasteiger partial charge is 0.245 e. The molecule has 2 atom stereocenters. The van der Waals surface area contributed by atoms with E-state index in [4.69, 9.17) is 15.5 Å². The van der Waals surface area contributed by atoms with Crippen LogP contribution < -0.4 is 11.1 Å². The Hall–Kier alpha value is -1.34. The Morgan fingerprint density at radius 1 is 1.31 bits per heavy atom. The van der Waals surface area contributed by atoms with Crippen LogP contribution >= 0.6 is 24.8 Å². The highest BCUT2D eigenvalue weighted by molar-refractivity contribution is 6.00. The molecular formula is C21H32Cl2N4O2. The second-order valence-electron chi connectivity index (χ2n) is 8.49. The third kappa shape index (κ3) is 3.88. The molecule has 1 aromatic carbocycles. The molecule has 162 valence electrons. The van der Waals surface area contributed by atoms with Gasteiger partial charge in [0.25, 0.3) is 0 Å². The Bertz CT molecular complexity index is 883. The summed E-state index contributed by atoms with van der Waals surface area (Å²) in [6, 6.07) is 5.98. The first-order valence-electron chi connectivity index (χ1n) is 10.1. The van der Waals surface area contributed by atoms with Crippen LogP contribution in [0.15, 0.2) is 18.2 Å². The molecule has 1 amide bonds. The third-order valence-electron chi connectivity index (χ3n) is 6.60. The van der Waals surface area contributed by atoms with Gasteiger partial charge < -0.3 is 20.4 Å². The standard InChI is InChI=1S/C21H30N4O2.2ClH/c1-4-27-17-13-21(22,20(17,2)3)19(26)23-14-9-10-16-15(12-14)24-18-8-6-5-7-11-25(16)18;;/h9-10,12,17H,4-8,11,13,22H2,1-3H3,(H,23,26);2*1H. The van der Waals surface area contributed by atoms with Crippen LogP contribution in [0.25, 0.3) is 11.0 Å². The van der Waals surface area contributed by atoms with Crippen LogP contribution in [-0.4, -0.2) is 33.7 Å². The molecule has 1 fully saturated rings. The number of aryl methyl sites for hydroxylation is 2. The van der Waals surface area contributed by atoms with Gasteiger partial charge >= 0.3 is 0 Å². The van der Waals surface area contributed by atoms with Gasteiger partial charge in [0.05, 0.1) is 17.1 Å². The number of fused-ring (bicyclic) bond motifs is 3.